The van der Waals surface area contributed by atoms with Crippen LogP contribution in [0.4, 0.5) is 5.82 Å². The van der Waals surface area contributed by atoms with E-state index >= 15 is 0 Å². The second-order valence-corrected chi connectivity index (χ2v) is 12.4. The van der Waals surface area contributed by atoms with Gasteiger partial charge < -0.3 is 14.4 Å². The molecule has 0 radical (unpaired) electrons. The summed E-state index contributed by atoms with van der Waals surface area (Å²) in [6, 6.07) is 9.82. The van der Waals surface area contributed by atoms with E-state index < -0.39 is 9.73 Å². The molecule has 0 spiro atoms. The van der Waals surface area contributed by atoms with Gasteiger partial charge in [-0.1, -0.05) is 0 Å². The van der Waals surface area contributed by atoms with Crippen LogP contribution in [0.15, 0.2) is 47.8 Å². The van der Waals surface area contributed by atoms with Crippen molar-refractivity contribution in [1.82, 2.24) is 24.7 Å². The molecule has 11 heteroatoms. The van der Waals surface area contributed by atoms with Gasteiger partial charge in [-0.15, -0.1) is 0 Å². The fourth-order valence-electron chi connectivity index (χ4n) is 5.45. The van der Waals surface area contributed by atoms with E-state index in [-0.39, 0.29) is 17.3 Å². The Hall–Kier alpha value is -3.41. The smallest absolute Gasteiger partial charge is 0.150 e. The lowest BCUT2D eigenvalue weighted by molar-refractivity contribution is -0.0383. The first-order valence-electron chi connectivity index (χ1n) is 13.3. The zero-order chi connectivity index (χ0) is 27.1. The van der Waals surface area contributed by atoms with Crippen molar-refractivity contribution in [2.75, 3.05) is 37.5 Å². The van der Waals surface area contributed by atoms with Crippen molar-refractivity contribution < 1.29 is 13.7 Å². The van der Waals surface area contributed by atoms with Gasteiger partial charge >= 0.3 is 0 Å². The molecule has 204 valence electrons. The molecule has 1 N–H and O–H groups in total. The van der Waals surface area contributed by atoms with Crippen LogP contribution in [0.2, 0.25) is 0 Å². The van der Waals surface area contributed by atoms with Crippen molar-refractivity contribution in [2.45, 2.75) is 50.4 Å². The Kier molecular flexibility index (Phi) is 6.82. The predicted octanol–water partition coefficient (Wildman–Crippen LogP) is 4.82. The fraction of sp³-hybridized carbons (Fsp3) is 0.429. The minimum Gasteiger partial charge on any atom is -0.377 e. The first kappa shape index (κ1) is 25.8. The number of aryl methyl sites for hydroxylation is 1. The van der Waals surface area contributed by atoms with Crippen LogP contribution in [0.1, 0.15) is 38.1 Å². The molecule has 0 aliphatic carbocycles. The van der Waals surface area contributed by atoms with Gasteiger partial charge in [-0.3, -0.25) is 4.98 Å². The molecule has 6 heterocycles. The maximum Gasteiger partial charge on any atom is 0.150 e. The van der Waals surface area contributed by atoms with Gasteiger partial charge in [0.25, 0.3) is 0 Å². The van der Waals surface area contributed by atoms with Gasteiger partial charge in [0.15, 0.2) is 6.23 Å². The highest BCUT2D eigenvalue weighted by atomic mass is 32.2. The van der Waals surface area contributed by atoms with Crippen LogP contribution in [0, 0.1) is 11.7 Å². The Morgan fingerprint density at radius 2 is 1.95 bits per heavy atom. The number of morpholine rings is 1. The molecule has 2 aliphatic rings. The van der Waals surface area contributed by atoms with Crippen LogP contribution in [0.3, 0.4) is 0 Å². The highest BCUT2D eigenvalue weighted by Gasteiger charge is 2.26. The highest BCUT2D eigenvalue weighted by Crippen LogP contribution is 2.38. The molecule has 4 aromatic heterocycles. The normalized spacial score (nSPS) is 21.7. The lowest BCUT2D eigenvalue weighted by atomic mass is 9.99. The van der Waals surface area contributed by atoms with Crippen LogP contribution in [-0.2, 0) is 19.2 Å². The summed E-state index contributed by atoms with van der Waals surface area (Å²) in [6.45, 7) is 6.75. The minimum atomic E-state index is -2.93. The standard InChI is InChI=1S/C28H33N7O3S/c1-18-17-37-15-13-34(18)24-16-22(20-7-8-25(32-19(20)2)39(3,29)36)21-9-11-30-28(27(21)33-24)23-10-12-31-35(23)26-6-4-5-14-38-26/h7-12,16,18,26,29H,4-6,13-15,17H2,1-3H3/t18-,26?,39?/m1/s1. The van der Waals surface area contributed by atoms with E-state index in [1.165, 1.54) is 6.26 Å². The maximum atomic E-state index is 12.4. The molecule has 2 fully saturated rings. The van der Waals surface area contributed by atoms with Crippen molar-refractivity contribution in [1.29, 1.82) is 4.78 Å². The summed E-state index contributed by atoms with van der Waals surface area (Å²) >= 11 is 0. The number of aromatic nitrogens is 5. The van der Waals surface area contributed by atoms with Crippen molar-refractivity contribution in [3.8, 4) is 22.5 Å². The summed E-state index contributed by atoms with van der Waals surface area (Å²) in [6.07, 6.45) is 7.92. The zero-order valence-corrected chi connectivity index (χ0v) is 23.3. The number of nitrogens with zero attached hydrogens (tertiary/aromatic N) is 6. The second kappa shape index (κ2) is 10.3. The van der Waals surface area contributed by atoms with Gasteiger partial charge in [-0.05, 0) is 69.0 Å². The Morgan fingerprint density at radius 3 is 2.69 bits per heavy atom. The summed E-state index contributed by atoms with van der Waals surface area (Å²) in [4.78, 5) is 16.8. The van der Waals surface area contributed by atoms with Crippen molar-refractivity contribution >= 4 is 26.4 Å². The van der Waals surface area contributed by atoms with Gasteiger partial charge in [0.2, 0.25) is 0 Å². The van der Waals surface area contributed by atoms with Crippen LogP contribution in [-0.4, -0.2) is 67.6 Å². The van der Waals surface area contributed by atoms with E-state index in [4.69, 9.17) is 24.2 Å². The lowest BCUT2D eigenvalue weighted by Crippen LogP contribution is -2.44. The number of rotatable bonds is 5. The number of nitrogens with one attached hydrogen (secondary N) is 1. The van der Waals surface area contributed by atoms with Gasteiger partial charge in [0.05, 0.1) is 34.7 Å². The quantitative estimate of drug-likeness (QED) is 0.378. The average molecular weight is 548 g/mol. The topological polar surface area (TPSA) is 119 Å². The third-order valence-electron chi connectivity index (χ3n) is 7.47. The molecular formula is C28H33N7O3S. The molecule has 0 aromatic carbocycles. The van der Waals surface area contributed by atoms with Crippen molar-refractivity contribution in [2.24, 2.45) is 0 Å². The zero-order valence-electron chi connectivity index (χ0n) is 22.5. The number of hydrogen-bond donors (Lipinski definition) is 1. The summed E-state index contributed by atoms with van der Waals surface area (Å²) in [7, 11) is -2.93. The molecule has 2 saturated heterocycles. The number of fused-ring (bicyclic) bond motifs is 1. The molecule has 39 heavy (non-hydrogen) atoms. The van der Waals surface area contributed by atoms with E-state index in [0.717, 1.165) is 71.6 Å². The molecule has 0 amide bonds. The second-order valence-electron chi connectivity index (χ2n) is 10.3. The van der Waals surface area contributed by atoms with E-state index in [1.807, 2.05) is 29.8 Å². The third kappa shape index (κ3) is 4.90. The average Bonchev–Trinajstić information content (AvgIpc) is 3.42. The molecule has 4 aromatic rings. The largest absolute Gasteiger partial charge is 0.377 e. The van der Waals surface area contributed by atoms with Gasteiger partial charge in [0.1, 0.15) is 22.1 Å². The van der Waals surface area contributed by atoms with Crippen molar-refractivity contribution in [3.63, 3.8) is 0 Å². The number of ether oxygens (including phenoxy) is 2. The monoisotopic (exact) mass is 547 g/mol. The minimum absolute atomic E-state index is 0.129. The molecule has 10 nitrogen and oxygen atoms in total. The SMILES string of the molecule is Cc1nc(S(C)(=N)=O)ccc1-c1cc(N2CCOC[C@H]2C)nc2c(-c3ccnn3C3CCCCO3)nccc12. The summed E-state index contributed by atoms with van der Waals surface area (Å²) in [5.74, 6) is 0.839. The van der Waals surface area contributed by atoms with Gasteiger partial charge in [-0.2, -0.15) is 5.10 Å². The first-order valence-corrected chi connectivity index (χ1v) is 15.3. The van der Waals surface area contributed by atoms with E-state index in [1.54, 1.807) is 18.5 Å². The van der Waals surface area contributed by atoms with Crippen LogP contribution in [0.5, 0.6) is 0 Å². The third-order valence-corrected chi connectivity index (χ3v) is 8.49. The summed E-state index contributed by atoms with van der Waals surface area (Å²) < 4.78 is 34.1. The number of hydrogen-bond acceptors (Lipinski definition) is 9. The van der Waals surface area contributed by atoms with Gasteiger partial charge in [0, 0.05) is 48.4 Å². The predicted molar refractivity (Wildman–Crippen MR) is 150 cm³/mol. The number of anilines is 1. The fourth-order valence-corrected chi connectivity index (χ4v) is 6.09. The van der Waals surface area contributed by atoms with E-state index in [2.05, 4.69) is 28.0 Å². The van der Waals surface area contributed by atoms with Crippen LogP contribution >= 0.6 is 0 Å². The molecule has 3 atom stereocenters. The Morgan fingerprint density at radius 1 is 1.08 bits per heavy atom. The number of pyridine rings is 3. The maximum absolute atomic E-state index is 12.4. The molecule has 6 rings (SSSR count). The molecular weight excluding hydrogens is 514 g/mol. The highest BCUT2D eigenvalue weighted by molar-refractivity contribution is 7.91. The molecule has 0 saturated carbocycles. The first-order chi connectivity index (χ1) is 18.8. The molecule has 2 unspecified atom stereocenters. The van der Waals surface area contributed by atoms with E-state index in [9.17, 15) is 4.21 Å². The Labute approximate surface area is 228 Å². The van der Waals surface area contributed by atoms with E-state index in [0.29, 0.717) is 18.9 Å². The molecule has 0 bridgehead atoms. The van der Waals surface area contributed by atoms with Crippen LogP contribution < -0.4 is 4.90 Å². The van der Waals surface area contributed by atoms with Gasteiger partial charge in [-0.25, -0.2) is 23.6 Å². The lowest BCUT2D eigenvalue weighted by Gasteiger charge is -2.34. The summed E-state index contributed by atoms with van der Waals surface area (Å²) in [5, 5.41) is 5.83. The summed E-state index contributed by atoms with van der Waals surface area (Å²) in [5.41, 5.74) is 4.95. The van der Waals surface area contributed by atoms with Crippen LogP contribution in [0.25, 0.3) is 33.4 Å². The van der Waals surface area contributed by atoms with Crippen molar-refractivity contribution in [3.05, 3.63) is 48.4 Å². The Balaban J connectivity index is 1.58. The molecule has 2 aliphatic heterocycles. The Bertz CT molecular complexity index is 1630.